The van der Waals surface area contributed by atoms with E-state index in [1.165, 1.54) is 31.2 Å². The van der Waals surface area contributed by atoms with Gasteiger partial charge in [0, 0.05) is 16.6 Å². The lowest BCUT2D eigenvalue weighted by Crippen LogP contribution is -2.14. The van der Waals surface area contributed by atoms with Crippen molar-refractivity contribution >= 4 is 15.9 Å². The summed E-state index contributed by atoms with van der Waals surface area (Å²) in [7, 11) is 0. The third-order valence-corrected chi connectivity index (χ3v) is 3.58. The molecular weight excluding hydrogens is 266 g/mol. The van der Waals surface area contributed by atoms with Gasteiger partial charge in [-0.15, -0.1) is 0 Å². The van der Waals surface area contributed by atoms with Crippen molar-refractivity contribution in [3.8, 4) is 5.75 Å². The van der Waals surface area contributed by atoms with E-state index in [9.17, 15) is 0 Å². The first-order valence-corrected chi connectivity index (χ1v) is 6.65. The molecule has 0 amide bonds. The van der Waals surface area contributed by atoms with Crippen LogP contribution in [-0.4, -0.2) is 6.10 Å². The standard InChI is InChI=1S/C13H18BrNO/c1-9-6-11(14)7-10(8-15)13(9)16-12-4-2-3-5-12/h6-7,12H,2-5,8,15H2,1H3. The SMILES string of the molecule is Cc1cc(Br)cc(CN)c1OC1CCCC1. The molecule has 3 heteroatoms. The van der Waals surface area contributed by atoms with Crippen LogP contribution in [0.1, 0.15) is 36.8 Å². The van der Waals surface area contributed by atoms with Gasteiger partial charge in [-0.2, -0.15) is 0 Å². The zero-order chi connectivity index (χ0) is 11.5. The molecule has 0 spiro atoms. The van der Waals surface area contributed by atoms with Crippen molar-refractivity contribution in [1.82, 2.24) is 0 Å². The van der Waals surface area contributed by atoms with Crippen LogP contribution in [0.3, 0.4) is 0 Å². The topological polar surface area (TPSA) is 35.2 Å². The highest BCUT2D eigenvalue weighted by Gasteiger charge is 2.19. The van der Waals surface area contributed by atoms with Gasteiger partial charge in [-0.05, 0) is 50.3 Å². The summed E-state index contributed by atoms with van der Waals surface area (Å²) in [5.41, 5.74) is 8.03. The Morgan fingerprint density at radius 2 is 2.06 bits per heavy atom. The van der Waals surface area contributed by atoms with E-state index in [0.717, 1.165) is 15.8 Å². The molecule has 1 fully saturated rings. The van der Waals surface area contributed by atoms with Crippen molar-refractivity contribution in [1.29, 1.82) is 0 Å². The van der Waals surface area contributed by atoms with Gasteiger partial charge in [-0.25, -0.2) is 0 Å². The number of rotatable bonds is 3. The van der Waals surface area contributed by atoms with E-state index >= 15 is 0 Å². The fourth-order valence-corrected chi connectivity index (χ4v) is 2.91. The number of hydrogen-bond donors (Lipinski definition) is 1. The first kappa shape index (κ1) is 11.9. The number of benzene rings is 1. The van der Waals surface area contributed by atoms with Gasteiger partial charge in [0.15, 0.2) is 0 Å². The normalized spacial score (nSPS) is 16.7. The first-order valence-electron chi connectivity index (χ1n) is 5.86. The van der Waals surface area contributed by atoms with Gasteiger partial charge in [0.2, 0.25) is 0 Å². The predicted octanol–water partition coefficient (Wildman–Crippen LogP) is 3.54. The summed E-state index contributed by atoms with van der Waals surface area (Å²) in [4.78, 5) is 0. The molecule has 0 saturated heterocycles. The molecule has 1 saturated carbocycles. The van der Waals surface area contributed by atoms with Crippen molar-refractivity contribution in [3.05, 3.63) is 27.7 Å². The molecule has 1 aromatic carbocycles. The summed E-state index contributed by atoms with van der Waals surface area (Å²) in [5.74, 6) is 0.998. The molecular formula is C13H18BrNO. The van der Waals surface area contributed by atoms with Crippen LogP contribution in [-0.2, 0) is 6.54 Å². The lowest BCUT2D eigenvalue weighted by Gasteiger charge is -2.18. The molecule has 0 aliphatic heterocycles. The molecule has 2 rings (SSSR count). The Balaban J connectivity index is 2.23. The van der Waals surface area contributed by atoms with Gasteiger partial charge in [0.05, 0.1) is 6.10 Å². The molecule has 1 aliphatic rings. The maximum absolute atomic E-state index is 6.08. The third-order valence-electron chi connectivity index (χ3n) is 3.12. The summed E-state index contributed by atoms with van der Waals surface area (Å²) in [6, 6.07) is 4.14. The van der Waals surface area contributed by atoms with Crippen LogP contribution < -0.4 is 10.5 Å². The second-order valence-electron chi connectivity index (χ2n) is 4.44. The van der Waals surface area contributed by atoms with Crippen LogP contribution in [0, 0.1) is 6.92 Å². The molecule has 16 heavy (non-hydrogen) atoms. The highest BCUT2D eigenvalue weighted by atomic mass is 79.9. The number of hydrogen-bond acceptors (Lipinski definition) is 2. The average molecular weight is 284 g/mol. The molecule has 2 N–H and O–H groups in total. The van der Waals surface area contributed by atoms with Gasteiger partial charge in [-0.3, -0.25) is 0 Å². The Bertz CT molecular complexity index is 372. The van der Waals surface area contributed by atoms with Crippen LogP contribution in [0.25, 0.3) is 0 Å². The average Bonchev–Trinajstić information content (AvgIpc) is 2.74. The summed E-state index contributed by atoms with van der Waals surface area (Å²) in [6.07, 6.45) is 5.33. The molecule has 88 valence electrons. The molecule has 2 nitrogen and oxygen atoms in total. The van der Waals surface area contributed by atoms with E-state index in [2.05, 4.69) is 35.0 Å². The molecule has 1 aromatic rings. The minimum Gasteiger partial charge on any atom is -0.490 e. The number of halogens is 1. The monoisotopic (exact) mass is 283 g/mol. The van der Waals surface area contributed by atoms with E-state index in [1.807, 2.05) is 0 Å². The Hall–Kier alpha value is -0.540. The van der Waals surface area contributed by atoms with Crippen molar-refractivity contribution in [2.75, 3.05) is 0 Å². The smallest absolute Gasteiger partial charge is 0.127 e. The largest absolute Gasteiger partial charge is 0.490 e. The minimum absolute atomic E-state index is 0.394. The summed E-state index contributed by atoms with van der Waals surface area (Å²) in [6.45, 7) is 2.61. The highest BCUT2D eigenvalue weighted by molar-refractivity contribution is 9.10. The van der Waals surface area contributed by atoms with Gasteiger partial charge >= 0.3 is 0 Å². The highest BCUT2D eigenvalue weighted by Crippen LogP contribution is 2.31. The summed E-state index contributed by atoms with van der Waals surface area (Å²) in [5, 5.41) is 0. The van der Waals surface area contributed by atoms with Gasteiger partial charge < -0.3 is 10.5 Å². The molecule has 0 bridgehead atoms. The number of ether oxygens (including phenoxy) is 1. The van der Waals surface area contributed by atoms with Crippen LogP contribution >= 0.6 is 15.9 Å². The maximum Gasteiger partial charge on any atom is 0.127 e. The lowest BCUT2D eigenvalue weighted by molar-refractivity contribution is 0.206. The number of aryl methyl sites for hydroxylation is 1. The zero-order valence-electron chi connectivity index (χ0n) is 9.63. The van der Waals surface area contributed by atoms with Crippen LogP contribution in [0.15, 0.2) is 16.6 Å². The lowest BCUT2D eigenvalue weighted by atomic mass is 10.1. The molecule has 1 aliphatic carbocycles. The second-order valence-corrected chi connectivity index (χ2v) is 5.36. The zero-order valence-corrected chi connectivity index (χ0v) is 11.2. The number of nitrogens with two attached hydrogens (primary N) is 1. The van der Waals surface area contributed by atoms with Crippen molar-refractivity contribution in [3.63, 3.8) is 0 Å². The van der Waals surface area contributed by atoms with E-state index < -0.39 is 0 Å². The predicted molar refractivity (Wildman–Crippen MR) is 69.7 cm³/mol. The van der Waals surface area contributed by atoms with E-state index in [0.29, 0.717) is 12.6 Å². The fourth-order valence-electron chi connectivity index (χ4n) is 2.29. The quantitative estimate of drug-likeness (QED) is 0.921. The molecule has 0 radical (unpaired) electrons. The third kappa shape index (κ3) is 2.58. The molecule has 0 unspecified atom stereocenters. The minimum atomic E-state index is 0.394. The maximum atomic E-state index is 6.08. The summed E-state index contributed by atoms with van der Waals surface area (Å²) >= 11 is 3.49. The molecule has 0 aromatic heterocycles. The summed E-state index contributed by atoms with van der Waals surface area (Å²) < 4.78 is 7.16. The molecule has 0 heterocycles. The Kier molecular flexibility index (Phi) is 3.87. The van der Waals surface area contributed by atoms with Crippen molar-refractivity contribution < 1.29 is 4.74 Å². The van der Waals surface area contributed by atoms with Crippen LogP contribution in [0.5, 0.6) is 5.75 Å². The second kappa shape index (κ2) is 5.19. The van der Waals surface area contributed by atoms with E-state index in [-0.39, 0.29) is 0 Å². The van der Waals surface area contributed by atoms with E-state index in [4.69, 9.17) is 10.5 Å². The van der Waals surface area contributed by atoms with Gasteiger partial charge in [0.1, 0.15) is 5.75 Å². The fraction of sp³-hybridized carbons (Fsp3) is 0.538. The Morgan fingerprint density at radius 3 is 2.69 bits per heavy atom. The van der Waals surface area contributed by atoms with Crippen molar-refractivity contribution in [2.24, 2.45) is 5.73 Å². The van der Waals surface area contributed by atoms with Gasteiger partial charge in [-0.1, -0.05) is 15.9 Å². The molecule has 0 atom stereocenters. The van der Waals surface area contributed by atoms with Gasteiger partial charge in [0.25, 0.3) is 0 Å². The van der Waals surface area contributed by atoms with Crippen molar-refractivity contribution in [2.45, 2.75) is 45.3 Å². The van der Waals surface area contributed by atoms with Crippen LogP contribution in [0.2, 0.25) is 0 Å². The first-order chi connectivity index (χ1) is 7.70. The Labute approximate surface area is 105 Å². The Morgan fingerprint density at radius 1 is 1.38 bits per heavy atom. The van der Waals surface area contributed by atoms with E-state index in [1.54, 1.807) is 0 Å². The van der Waals surface area contributed by atoms with Crippen LogP contribution in [0.4, 0.5) is 0 Å².